The highest BCUT2D eigenvalue weighted by atomic mass is 79.9. The topological polar surface area (TPSA) is 26.3 Å². The van der Waals surface area contributed by atoms with Gasteiger partial charge >= 0.3 is 0 Å². The number of thiophene rings is 1. The van der Waals surface area contributed by atoms with Crippen LogP contribution < -0.4 is 0 Å². The number of allylic oxidation sites excluding steroid dienone is 2. The third kappa shape index (κ3) is 3.14. The third-order valence-electron chi connectivity index (χ3n) is 3.07. The Labute approximate surface area is 125 Å². The molecule has 2 rings (SSSR count). The van der Waals surface area contributed by atoms with Crippen LogP contribution in [0, 0.1) is 6.92 Å². The van der Waals surface area contributed by atoms with Gasteiger partial charge in [0, 0.05) is 9.36 Å². The molecule has 0 aliphatic carbocycles. The molecule has 19 heavy (non-hydrogen) atoms. The van der Waals surface area contributed by atoms with Gasteiger partial charge in [-0.05, 0) is 42.2 Å². The summed E-state index contributed by atoms with van der Waals surface area (Å²) in [6, 6.07) is 1.90. The zero-order valence-corrected chi connectivity index (χ0v) is 13.1. The lowest BCUT2D eigenvalue weighted by atomic mass is 9.92. The smallest absolute Gasteiger partial charge is 0.160 e. The van der Waals surface area contributed by atoms with Crippen molar-refractivity contribution in [2.45, 2.75) is 19.4 Å². The van der Waals surface area contributed by atoms with Gasteiger partial charge in [0.25, 0.3) is 0 Å². The van der Waals surface area contributed by atoms with Crippen LogP contribution in [-0.2, 0) is 4.74 Å². The first-order chi connectivity index (χ1) is 9.02. The molecule has 4 heteroatoms. The van der Waals surface area contributed by atoms with Gasteiger partial charge < -0.3 is 4.74 Å². The van der Waals surface area contributed by atoms with Crippen molar-refractivity contribution >= 4 is 33.6 Å². The lowest BCUT2D eigenvalue weighted by Gasteiger charge is -2.28. The summed E-state index contributed by atoms with van der Waals surface area (Å²) < 4.78 is 6.68. The SMILES string of the molecule is C=C(Br)/C=C1\C(=C)CCOC1c1cc(C=O)sc1C. The van der Waals surface area contributed by atoms with Gasteiger partial charge in [-0.1, -0.05) is 29.1 Å². The number of halogens is 1. The Morgan fingerprint density at radius 1 is 1.63 bits per heavy atom. The van der Waals surface area contributed by atoms with Crippen molar-refractivity contribution in [3.05, 3.63) is 56.2 Å². The van der Waals surface area contributed by atoms with E-state index in [1.807, 2.05) is 19.1 Å². The highest BCUT2D eigenvalue weighted by molar-refractivity contribution is 9.11. The molecule has 100 valence electrons. The molecule has 0 bridgehead atoms. The number of aryl methyl sites for hydroxylation is 1. The van der Waals surface area contributed by atoms with Gasteiger partial charge in [0.1, 0.15) is 6.10 Å². The summed E-state index contributed by atoms with van der Waals surface area (Å²) in [5.41, 5.74) is 3.15. The van der Waals surface area contributed by atoms with E-state index in [0.29, 0.717) is 6.61 Å². The summed E-state index contributed by atoms with van der Waals surface area (Å²) in [4.78, 5) is 12.7. The Balaban J connectivity index is 2.44. The van der Waals surface area contributed by atoms with Gasteiger partial charge in [-0.15, -0.1) is 11.3 Å². The van der Waals surface area contributed by atoms with E-state index in [1.165, 1.54) is 11.3 Å². The maximum atomic E-state index is 10.9. The third-order valence-corrected chi connectivity index (χ3v) is 4.29. The second-order valence-electron chi connectivity index (χ2n) is 4.43. The molecule has 0 aromatic carbocycles. The van der Waals surface area contributed by atoms with E-state index in [1.54, 1.807) is 0 Å². The summed E-state index contributed by atoms with van der Waals surface area (Å²) in [6.07, 6.45) is 3.50. The first-order valence-corrected chi connectivity index (χ1v) is 7.55. The van der Waals surface area contributed by atoms with Crippen molar-refractivity contribution in [2.75, 3.05) is 6.61 Å². The summed E-state index contributed by atoms with van der Waals surface area (Å²) in [5, 5.41) is 0. The molecular weight excluding hydrogens is 324 g/mol. The maximum absolute atomic E-state index is 10.9. The fourth-order valence-electron chi connectivity index (χ4n) is 2.16. The molecule has 1 atom stereocenters. The number of hydrogen-bond donors (Lipinski definition) is 0. The molecule has 1 saturated heterocycles. The minimum Gasteiger partial charge on any atom is -0.368 e. The van der Waals surface area contributed by atoms with Crippen molar-refractivity contribution in [1.82, 2.24) is 0 Å². The second-order valence-corrected chi connectivity index (χ2v) is 6.74. The van der Waals surface area contributed by atoms with Gasteiger partial charge in [0.2, 0.25) is 0 Å². The first-order valence-electron chi connectivity index (χ1n) is 5.94. The summed E-state index contributed by atoms with van der Waals surface area (Å²) >= 11 is 4.84. The van der Waals surface area contributed by atoms with Gasteiger partial charge in [-0.3, -0.25) is 4.79 Å². The molecule has 1 aliphatic rings. The Morgan fingerprint density at radius 2 is 2.37 bits per heavy atom. The van der Waals surface area contributed by atoms with Crippen LogP contribution in [0.25, 0.3) is 0 Å². The highest BCUT2D eigenvalue weighted by Crippen LogP contribution is 2.40. The van der Waals surface area contributed by atoms with Crippen molar-refractivity contribution < 1.29 is 9.53 Å². The summed E-state index contributed by atoms with van der Waals surface area (Å²) in [6.45, 7) is 10.6. The van der Waals surface area contributed by atoms with Crippen LogP contribution in [0.4, 0.5) is 0 Å². The molecule has 0 spiro atoms. The number of ether oxygens (including phenoxy) is 1. The van der Waals surface area contributed by atoms with Gasteiger partial charge in [-0.2, -0.15) is 0 Å². The molecular formula is C15H15BrO2S. The zero-order chi connectivity index (χ0) is 14.0. The van der Waals surface area contributed by atoms with Crippen molar-refractivity contribution in [3.63, 3.8) is 0 Å². The number of carbonyl (C=O) groups is 1. The summed E-state index contributed by atoms with van der Waals surface area (Å²) in [7, 11) is 0. The van der Waals surface area contributed by atoms with E-state index in [9.17, 15) is 4.79 Å². The standard InChI is InChI=1S/C15H15BrO2S/c1-9-4-5-18-15(13(9)6-10(2)16)14-7-12(8-17)19-11(14)3/h6-8,15H,1-2,4-5H2,3H3/b13-6+. The minimum absolute atomic E-state index is 0.152. The van der Waals surface area contributed by atoms with Gasteiger partial charge in [-0.25, -0.2) is 0 Å². The predicted molar refractivity (Wildman–Crippen MR) is 83.0 cm³/mol. The Hall–Kier alpha value is -0.970. The van der Waals surface area contributed by atoms with Crippen molar-refractivity contribution in [2.24, 2.45) is 0 Å². The first kappa shape index (κ1) is 14.4. The Morgan fingerprint density at radius 3 is 2.95 bits per heavy atom. The molecule has 1 unspecified atom stereocenters. The molecule has 1 fully saturated rings. The second kappa shape index (κ2) is 5.99. The average Bonchev–Trinajstić information content (AvgIpc) is 2.73. The monoisotopic (exact) mass is 338 g/mol. The van der Waals surface area contributed by atoms with Gasteiger partial charge in [0.05, 0.1) is 11.5 Å². The van der Waals surface area contributed by atoms with E-state index in [0.717, 1.165) is 43.7 Å². The fourth-order valence-corrected chi connectivity index (χ4v) is 3.28. The quantitative estimate of drug-likeness (QED) is 0.745. The highest BCUT2D eigenvalue weighted by Gasteiger charge is 2.26. The van der Waals surface area contributed by atoms with Crippen LogP contribution in [0.1, 0.15) is 32.6 Å². The molecule has 2 heterocycles. The normalized spacial score (nSPS) is 21.7. The summed E-state index contributed by atoms with van der Waals surface area (Å²) in [5.74, 6) is 0. The zero-order valence-electron chi connectivity index (χ0n) is 10.7. The number of aldehydes is 1. The molecule has 1 aromatic heterocycles. The number of carbonyl (C=O) groups excluding carboxylic acids is 1. The van der Waals surface area contributed by atoms with Crippen molar-refractivity contribution in [1.29, 1.82) is 0 Å². The van der Waals surface area contributed by atoms with Gasteiger partial charge in [0.15, 0.2) is 6.29 Å². The Kier molecular flexibility index (Phi) is 4.55. The molecule has 0 N–H and O–H groups in total. The predicted octanol–water partition coefficient (Wildman–Crippen LogP) is 4.72. The molecule has 0 amide bonds. The molecule has 1 aromatic rings. The molecule has 2 nitrogen and oxygen atoms in total. The largest absolute Gasteiger partial charge is 0.368 e. The van der Waals surface area contributed by atoms with Crippen LogP contribution in [0.5, 0.6) is 0 Å². The van der Waals surface area contributed by atoms with Crippen molar-refractivity contribution in [3.8, 4) is 0 Å². The van der Waals surface area contributed by atoms with E-state index in [2.05, 4.69) is 29.1 Å². The lowest BCUT2D eigenvalue weighted by Crippen LogP contribution is -2.17. The van der Waals surface area contributed by atoms with Crippen LogP contribution in [-0.4, -0.2) is 12.9 Å². The van der Waals surface area contributed by atoms with Crippen LogP contribution in [0.15, 0.2) is 40.9 Å². The van der Waals surface area contributed by atoms with E-state index in [-0.39, 0.29) is 6.10 Å². The molecule has 0 saturated carbocycles. The Bertz CT molecular complexity index is 569. The number of rotatable bonds is 3. The van der Waals surface area contributed by atoms with E-state index >= 15 is 0 Å². The average molecular weight is 339 g/mol. The van der Waals surface area contributed by atoms with Crippen LogP contribution in [0.3, 0.4) is 0 Å². The van der Waals surface area contributed by atoms with Crippen LogP contribution >= 0.6 is 27.3 Å². The fraction of sp³-hybridized carbons (Fsp3) is 0.267. The number of hydrogen-bond acceptors (Lipinski definition) is 3. The van der Waals surface area contributed by atoms with Crippen LogP contribution in [0.2, 0.25) is 0 Å². The minimum atomic E-state index is -0.152. The maximum Gasteiger partial charge on any atom is 0.160 e. The van der Waals surface area contributed by atoms with E-state index < -0.39 is 0 Å². The lowest BCUT2D eigenvalue weighted by molar-refractivity contribution is 0.0668. The molecule has 0 radical (unpaired) electrons. The van der Waals surface area contributed by atoms with E-state index in [4.69, 9.17) is 4.74 Å². The molecule has 1 aliphatic heterocycles.